The van der Waals surface area contributed by atoms with E-state index in [0.29, 0.717) is 5.92 Å². The minimum Gasteiger partial charge on any atom is -0.496 e. The van der Waals surface area contributed by atoms with Gasteiger partial charge in [-0.3, -0.25) is 0 Å². The predicted molar refractivity (Wildman–Crippen MR) is 72.9 cm³/mol. The molecule has 0 bridgehead atoms. The highest BCUT2D eigenvalue weighted by Gasteiger charge is 2.31. The van der Waals surface area contributed by atoms with E-state index in [1.54, 1.807) is 7.11 Å². The van der Waals surface area contributed by atoms with E-state index >= 15 is 0 Å². The van der Waals surface area contributed by atoms with Gasteiger partial charge in [-0.25, -0.2) is 0 Å². The normalized spacial score (nSPS) is 25.2. The minimum absolute atomic E-state index is 0.0502. The summed E-state index contributed by atoms with van der Waals surface area (Å²) in [6.07, 6.45) is 1.24. The first kappa shape index (κ1) is 13.4. The zero-order valence-electron chi connectivity index (χ0n) is 11.7. The summed E-state index contributed by atoms with van der Waals surface area (Å²) >= 11 is 0. The molecule has 0 aliphatic carbocycles. The summed E-state index contributed by atoms with van der Waals surface area (Å²) in [4.78, 5) is 0. The van der Waals surface area contributed by atoms with Crippen molar-refractivity contribution in [2.24, 2.45) is 11.7 Å². The van der Waals surface area contributed by atoms with Crippen molar-refractivity contribution in [3.63, 3.8) is 0 Å². The maximum Gasteiger partial charge on any atom is 0.124 e. The minimum atomic E-state index is -0.0502. The molecule has 0 spiro atoms. The highest BCUT2D eigenvalue weighted by molar-refractivity contribution is 5.44. The van der Waals surface area contributed by atoms with Crippen molar-refractivity contribution in [1.82, 2.24) is 0 Å². The maximum absolute atomic E-state index is 6.35. The zero-order valence-corrected chi connectivity index (χ0v) is 11.7. The molecule has 1 heterocycles. The second kappa shape index (κ2) is 5.29. The van der Waals surface area contributed by atoms with E-state index in [4.69, 9.17) is 15.2 Å². The quantitative estimate of drug-likeness (QED) is 0.895. The van der Waals surface area contributed by atoms with Crippen LogP contribution in [0.5, 0.6) is 5.75 Å². The Balaban J connectivity index is 2.28. The van der Waals surface area contributed by atoms with E-state index in [-0.39, 0.29) is 12.1 Å². The van der Waals surface area contributed by atoms with Gasteiger partial charge in [0.05, 0.1) is 19.3 Å². The highest BCUT2D eigenvalue weighted by atomic mass is 16.5. The molecule has 2 rings (SSSR count). The molecule has 3 unspecified atom stereocenters. The van der Waals surface area contributed by atoms with Crippen LogP contribution in [-0.4, -0.2) is 19.8 Å². The van der Waals surface area contributed by atoms with Crippen LogP contribution in [0.3, 0.4) is 0 Å². The average molecular weight is 249 g/mol. The Morgan fingerprint density at radius 1 is 1.33 bits per heavy atom. The molecule has 3 atom stereocenters. The van der Waals surface area contributed by atoms with E-state index in [1.807, 2.05) is 0 Å². The molecule has 1 saturated heterocycles. The number of hydrogen-bond donors (Lipinski definition) is 1. The fourth-order valence-corrected chi connectivity index (χ4v) is 2.86. The van der Waals surface area contributed by atoms with Crippen LogP contribution in [0.4, 0.5) is 0 Å². The van der Waals surface area contributed by atoms with Gasteiger partial charge in [0.25, 0.3) is 0 Å². The average Bonchev–Trinajstić information content (AvgIpc) is 2.74. The largest absolute Gasteiger partial charge is 0.496 e. The molecule has 1 aromatic carbocycles. The Kier molecular flexibility index (Phi) is 3.93. The Morgan fingerprint density at radius 3 is 2.39 bits per heavy atom. The number of ether oxygens (including phenoxy) is 2. The SMILES string of the molecule is COc1c(C)cc(C(N)C2OCCC2C)cc1C. The number of rotatable bonds is 3. The summed E-state index contributed by atoms with van der Waals surface area (Å²) in [6.45, 7) is 7.15. The third-order valence-corrected chi connectivity index (χ3v) is 3.87. The standard InChI is InChI=1S/C15H23NO2/c1-9-5-6-18-15(9)13(16)12-7-10(2)14(17-4)11(3)8-12/h7-9,13,15H,5-6,16H2,1-4H3. The Morgan fingerprint density at radius 2 is 1.94 bits per heavy atom. The molecule has 0 saturated carbocycles. The topological polar surface area (TPSA) is 44.5 Å². The summed E-state index contributed by atoms with van der Waals surface area (Å²) in [5.74, 6) is 1.48. The molecular weight excluding hydrogens is 226 g/mol. The highest BCUT2D eigenvalue weighted by Crippen LogP contribution is 2.33. The van der Waals surface area contributed by atoms with Crippen LogP contribution in [-0.2, 0) is 4.74 Å². The van der Waals surface area contributed by atoms with Gasteiger partial charge in [0.15, 0.2) is 0 Å². The van der Waals surface area contributed by atoms with E-state index in [1.165, 1.54) is 0 Å². The smallest absolute Gasteiger partial charge is 0.124 e. The molecule has 0 aromatic heterocycles. The fraction of sp³-hybridized carbons (Fsp3) is 0.600. The van der Waals surface area contributed by atoms with Crippen LogP contribution in [0.2, 0.25) is 0 Å². The van der Waals surface area contributed by atoms with Crippen LogP contribution in [0, 0.1) is 19.8 Å². The van der Waals surface area contributed by atoms with Gasteiger partial charge in [-0.2, -0.15) is 0 Å². The molecule has 1 aliphatic heterocycles. The molecule has 3 nitrogen and oxygen atoms in total. The Hall–Kier alpha value is -1.06. The fourth-order valence-electron chi connectivity index (χ4n) is 2.86. The van der Waals surface area contributed by atoms with Crippen molar-refractivity contribution in [3.8, 4) is 5.75 Å². The molecule has 2 N–H and O–H groups in total. The first-order chi connectivity index (χ1) is 8.54. The molecule has 100 valence electrons. The Bertz CT molecular complexity index is 407. The van der Waals surface area contributed by atoms with Gasteiger partial charge < -0.3 is 15.2 Å². The molecule has 0 radical (unpaired) electrons. The molecular formula is C15H23NO2. The maximum atomic E-state index is 6.35. The van der Waals surface area contributed by atoms with Crippen LogP contribution in [0.25, 0.3) is 0 Å². The number of methoxy groups -OCH3 is 1. The summed E-state index contributed by atoms with van der Waals surface area (Å²) < 4.78 is 11.1. The summed E-state index contributed by atoms with van der Waals surface area (Å²) in [5, 5.41) is 0. The van der Waals surface area contributed by atoms with Crippen molar-refractivity contribution in [3.05, 3.63) is 28.8 Å². The lowest BCUT2D eigenvalue weighted by Gasteiger charge is -2.24. The summed E-state index contributed by atoms with van der Waals surface area (Å²) in [6, 6.07) is 4.18. The van der Waals surface area contributed by atoms with Crippen molar-refractivity contribution in [2.45, 2.75) is 39.3 Å². The predicted octanol–water partition coefficient (Wildman–Crippen LogP) is 2.74. The van der Waals surface area contributed by atoms with Gasteiger partial charge in [0.1, 0.15) is 5.75 Å². The molecule has 18 heavy (non-hydrogen) atoms. The number of nitrogens with two attached hydrogens (primary N) is 1. The monoisotopic (exact) mass is 249 g/mol. The molecule has 1 aromatic rings. The Labute approximate surface area is 109 Å². The third kappa shape index (κ3) is 2.38. The van der Waals surface area contributed by atoms with Gasteiger partial charge in [0.2, 0.25) is 0 Å². The van der Waals surface area contributed by atoms with E-state index in [2.05, 4.69) is 32.9 Å². The van der Waals surface area contributed by atoms with Crippen molar-refractivity contribution >= 4 is 0 Å². The molecule has 1 fully saturated rings. The van der Waals surface area contributed by atoms with Gasteiger partial charge in [-0.1, -0.05) is 19.1 Å². The second-order valence-electron chi connectivity index (χ2n) is 5.32. The first-order valence-electron chi connectivity index (χ1n) is 6.57. The molecule has 0 amide bonds. The third-order valence-electron chi connectivity index (χ3n) is 3.87. The van der Waals surface area contributed by atoms with Crippen LogP contribution >= 0.6 is 0 Å². The van der Waals surface area contributed by atoms with Gasteiger partial charge in [-0.05, 0) is 42.9 Å². The second-order valence-corrected chi connectivity index (χ2v) is 5.32. The van der Waals surface area contributed by atoms with Crippen LogP contribution < -0.4 is 10.5 Å². The van der Waals surface area contributed by atoms with Crippen LogP contribution in [0.1, 0.15) is 36.1 Å². The number of hydrogen-bond acceptors (Lipinski definition) is 3. The molecule has 3 heteroatoms. The first-order valence-corrected chi connectivity index (χ1v) is 6.57. The van der Waals surface area contributed by atoms with E-state index in [0.717, 1.165) is 35.5 Å². The van der Waals surface area contributed by atoms with Crippen molar-refractivity contribution in [2.75, 3.05) is 13.7 Å². The van der Waals surface area contributed by atoms with Crippen molar-refractivity contribution < 1.29 is 9.47 Å². The summed E-state index contributed by atoms with van der Waals surface area (Å²) in [7, 11) is 1.71. The number of aryl methyl sites for hydroxylation is 2. The van der Waals surface area contributed by atoms with Crippen LogP contribution in [0.15, 0.2) is 12.1 Å². The van der Waals surface area contributed by atoms with Gasteiger partial charge in [-0.15, -0.1) is 0 Å². The van der Waals surface area contributed by atoms with E-state index in [9.17, 15) is 0 Å². The van der Waals surface area contributed by atoms with E-state index < -0.39 is 0 Å². The lowest BCUT2D eigenvalue weighted by atomic mass is 9.91. The van der Waals surface area contributed by atoms with Crippen molar-refractivity contribution in [1.29, 1.82) is 0 Å². The van der Waals surface area contributed by atoms with Gasteiger partial charge >= 0.3 is 0 Å². The van der Waals surface area contributed by atoms with Gasteiger partial charge in [0, 0.05) is 6.61 Å². The number of benzene rings is 1. The lowest BCUT2D eigenvalue weighted by molar-refractivity contribution is 0.0724. The zero-order chi connectivity index (χ0) is 13.3. The molecule has 1 aliphatic rings. The summed E-state index contributed by atoms with van der Waals surface area (Å²) in [5.41, 5.74) is 9.76. The lowest BCUT2D eigenvalue weighted by Crippen LogP contribution is -2.30.